The van der Waals surface area contributed by atoms with Crippen LogP contribution in [0.5, 0.6) is 0 Å². The van der Waals surface area contributed by atoms with Gasteiger partial charge in [0.2, 0.25) is 0 Å². The Morgan fingerprint density at radius 3 is 2.22 bits per heavy atom. The van der Waals surface area contributed by atoms with E-state index in [1.54, 1.807) is 6.20 Å². The van der Waals surface area contributed by atoms with Crippen LogP contribution in [0.25, 0.3) is 22.4 Å². The van der Waals surface area contributed by atoms with Gasteiger partial charge in [0, 0.05) is 6.20 Å². The molecule has 3 aromatic carbocycles. The first kappa shape index (κ1) is 21.2. The minimum atomic E-state index is 0. The molecule has 0 aliphatic heterocycles. The van der Waals surface area contributed by atoms with Gasteiger partial charge in [0.15, 0.2) is 0 Å². The van der Waals surface area contributed by atoms with Crippen molar-refractivity contribution in [1.29, 1.82) is 0 Å². The van der Waals surface area contributed by atoms with Crippen molar-refractivity contribution in [3.63, 3.8) is 0 Å². The van der Waals surface area contributed by atoms with E-state index in [9.17, 15) is 0 Å². The quantitative estimate of drug-likeness (QED) is 0.241. The van der Waals surface area contributed by atoms with E-state index in [1.807, 2.05) is 79.7 Å². The Hall–Kier alpha value is -2.06. The number of nitrogens with zero attached hydrogens (tertiary/aromatic N) is 1. The van der Waals surface area contributed by atoms with Gasteiger partial charge in [-0.25, -0.2) is 11.1 Å². The molecular formula is C24H17BrIrN. The largest absolute Gasteiger partial charge is 3.00 e. The van der Waals surface area contributed by atoms with E-state index in [-0.39, 0.29) is 20.1 Å². The second-order valence-electron chi connectivity index (χ2n) is 5.66. The van der Waals surface area contributed by atoms with Crippen LogP contribution in [0.3, 0.4) is 0 Å². The van der Waals surface area contributed by atoms with Crippen LogP contribution in [-0.2, 0) is 20.1 Å². The Balaban J connectivity index is 0.000000187. The zero-order valence-electron chi connectivity index (χ0n) is 14.7. The first-order valence-corrected chi connectivity index (χ1v) is 9.06. The molecule has 0 N–H and O–H groups in total. The molecule has 0 spiro atoms. The van der Waals surface area contributed by atoms with E-state index in [2.05, 4.69) is 45.2 Å². The summed E-state index contributed by atoms with van der Waals surface area (Å²) in [5.41, 5.74) is 5.33. The third-order valence-corrected chi connectivity index (χ3v) is 4.14. The number of aryl methyl sites for hydroxylation is 1. The number of benzene rings is 3. The first-order valence-electron chi connectivity index (χ1n) is 8.27. The SMILES string of the molecule is Brc1cc[c-]c(-c2ccccn2)c1.Cc1[c-]c(-c2[c-]cccc2)ccc1.[Ir+3]. The number of hydrogen-bond acceptors (Lipinski definition) is 1. The van der Waals surface area contributed by atoms with Crippen LogP contribution in [0.2, 0.25) is 0 Å². The molecule has 4 rings (SSSR count). The van der Waals surface area contributed by atoms with Crippen molar-refractivity contribution in [1.82, 2.24) is 4.98 Å². The van der Waals surface area contributed by atoms with Crippen molar-refractivity contribution in [3.8, 4) is 22.4 Å². The third-order valence-electron chi connectivity index (χ3n) is 3.64. The van der Waals surface area contributed by atoms with Crippen molar-refractivity contribution in [3.05, 3.63) is 113 Å². The van der Waals surface area contributed by atoms with Gasteiger partial charge in [-0.2, -0.15) is 42.5 Å². The van der Waals surface area contributed by atoms with Gasteiger partial charge in [-0.15, -0.1) is 47.5 Å². The average molecular weight is 592 g/mol. The summed E-state index contributed by atoms with van der Waals surface area (Å²) in [4.78, 5) is 4.24. The molecule has 0 atom stereocenters. The van der Waals surface area contributed by atoms with Gasteiger partial charge >= 0.3 is 20.1 Å². The monoisotopic (exact) mass is 591 g/mol. The van der Waals surface area contributed by atoms with Crippen molar-refractivity contribution in [2.75, 3.05) is 0 Å². The number of halogens is 1. The fraction of sp³-hybridized carbons (Fsp3) is 0.0417. The Bertz CT molecular complexity index is 875. The molecule has 0 radical (unpaired) electrons. The summed E-state index contributed by atoms with van der Waals surface area (Å²) < 4.78 is 1.05. The zero-order chi connectivity index (χ0) is 18.2. The number of pyridine rings is 1. The van der Waals surface area contributed by atoms with Gasteiger partial charge in [-0.1, -0.05) is 39.5 Å². The summed E-state index contributed by atoms with van der Waals surface area (Å²) in [7, 11) is 0. The van der Waals surface area contributed by atoms with Crippen molar-refractivity contribution in [2.24, 2.45) is 0 Å². The number of rotatable bonds is 2. The summed E-state index contributed by atoms with van der Waals surface area (Å²) in [5, 5.41) is 0. The first-order chi connectivity index (χ1) is 12.7. The maximum atomic E-state index is 4.24. The van der Waals surface area contributed by atoms with Crippen LogP contribution in [-0.4, -0.2) is 4.98 Å². The molecule has 0 saturated carbocycles. The van der Waals surface area contributed by atoms with Crippen LogP contribution in [0.15, 0.2) is 89.5 Å². The fourth-order valence-corrected chi connectivity index (χ4v) is 2.77. The van der Waals surface area contributed by atoms with Gasteiger partial charge in [0.05, 0.1) is 0 Å². The Morgan fingerprint density at radius 1 is 0.778 bits per heavy atom. The van der Waals surface area contributed by atoms with Gasteiger partial charge in [-0.05, 0) is 11.8 Å². The predicted octanol–water partition coefficient (Wildman–Crippen LogP) is 6.57. The maximum absolute atomic E-state index is 4.24. The fourth-order valence-electron chi connectivity index (χ4n) is 2.41. The van der Waals surface area contributed by atoms with E-state index in [1.165, 1.54) is 0 Å². The third kappa shape index (κ3) is 6.55. The number of aromatic nitrogens is 1. The van der Waals surface area contributed by atoms with Crippen LogP contribution in [0, 0.1) is 25.1 Å². The normalized spacial score (nSPS) is 9.56. The van der Waals surface area contributed by atoms with Crippen molar-refractivity contribution < 1.29 is 20.1 Å². The van der Waals surface area contributed by atoms with E-state index in [0.29, 0.717) is 0 Å². The molecule has 134 valence electrons. The van der Waals surface area contributed by atoms with Crippen LogP contribution in [0.4, 0.5) is 0 Å². The molecule has 4 aromatic rings. The van der Waals surface area contributed by atoms with E-state index in [0.717, 1.165) is 32.4 Å². The van der Waals surface area contributed by atoms with Crippen LogP contribution >= 0.6 is 15.9 Å². The van der Waals surface area contributed by atoms with Gasteiger partial charge in [0.25, 0.3) is 0 Å². The van der Waals surface area contributed by atoms with Gasteiger partial charge in [0.1, 0.15) is 0 Å². The molecule has 27 heavy (non-hydrogen) atoms. The average Bonchev–Trinajstić information content (AvgIpc) is 2.70. The van der Waals surface area contributed by atoms with Crippen LogP contribution < -0.4 is 0 Å². The molecule has 0 saturated heterocycles. The molecule has 0 aliphatic rings. The summed E-state index contributed by atoms with van der Waals surface area (Å²) in [6.45, 7) is 2.05. The Labute approximate surface area is 183 Å². The molecule has 0 amide bonds. The molecule has 1 aromatic heterocycles. The summed E-state index contributed by atoms with van der Waals surface area (Å²) in [6.07, 6.45) is 1.78. The maximum Gasteiger partial charge on any atom is 3.00 e. The molecular weight excluding hydrogens is 574 g/mol. The standard InChI is InChI=1S/C13H10.C11H7BrN.Ir/c1-11-6-5-9-13(10-11)12-7-3-2-4-8-12;12-10-5-3-4-9(8-10)11-6-1-2-7-13-11;/h2-7,9H,1H3;1-3,5-8H;/q-2;-1;+3. The minimum Gasteiger partial charge on any atom is -0.305 e. The zero-order valence-corrected chi connectivity index (χ0v) is 18.7. The van der Waals surface area contributed by atoms with Crippen molar-refractivity contribution >= 4 is 15.9 Å². The molecule has 0 unspecified atom stereocenters. The molecule has 1 nitrogen and oxygen atoms in total. The van der Waals surface area contributed by atoms with Crippen LogP contribution in [0.1, 0.15) is 5.56 Å². The topological polar surface area (TPSA) is 12.9 Å². The van der Waals surface area contributed by atoms with E-state index < -0.39 is 0 Å². The second kappa shape index (κ2) is 10.9. The van der Waals surface area contributed by atoms with E-state index >= 15 is 0 Å². The molecule has 1 heterocycles. The molecule has 3 heteroatoms. The smallest absolute Gasteiger partial charge is 0.305 e. The summed E-state index contributed by atoms with van der Waals surface area (Å²) >= 11 is 3.41. The summed E-state index contributed by atoms with van der Waals surface area (Å²) in [5.74, 6) is 0. The Morgan fingerprint density at radius 2 is 1.56 bits per heavy atom. The Kier molecular flexibility index (Phi) is 8.60. The summed E-state index contributed by atoms with van der Waals surface area (Å²) in [6, 6.07) is 35.4. The van der Waals surface area contributed by atoms with Gasteiger partial charge < -0.3 is 4.98 Å². The number of hydrogen-bond donors (Lipinski definition) is 0. The second-order valence-corrected chi connectivity index (χ2v) is 6.57. The molecule has 0 aliphatic carbocycles. The van der Waals surface area contributed by atoms with Crippen molar-refractivity contribution in [2.45, 2.75) is 6.92 Å². The minimum absolute atomic E-state index is 0. The molecule has 0 bridgehead atoms. The van der Waals surface area contributed by atoms with E-state index in [4.69, 9.17) is 0 Å². The predicted molar refractivity (Wildman–Crippen MR) is 110 cm³/mol. The van der Waals surface area contributed by atoms with Gasteiger partial charge in [-0.3, -0.25) is 0 Å². The molecule has 0 fully saturated rings.